The summed E-state index contributed by atoms with van der Waals surface area (Å²) in [6, 6.07) is 8.68. The molecule has 0 radical (unpaired) electrons. The summed E-state index contributed by atoms with van der Waals surface area (Å²) in [5.74, 6) is -0.456. The Morgan fingerprint density at radius 1 is 1.14 bits per heavy atom. The zero-order chi connectivity index (χ0) is 15.4. The van der Waals surface area contributed by atoms with Crippen molar-refractivity contribution in [2.24, 2.45) is 0 Å². The van der Waals surface area contributed by atoms with Gasteiger partial charge in [-0.15, -0.1) is 11.3 Å². The Morgan fingerprint density at radius 3 is 2.57 bits per heavy atom. The van der Waals surface area contributed by atoms with Crippen molar-refractivity contribution in [3.8, 4) is 0 Å². The summed E-state index contributed by atoms with van der Waals surface area (Å²) in [7, 11) is 0. The highest BCUT2D eigenvalue weighted by Gasteiger charge is 2.17. The molecule has 4 nitrogen and oxygen atoms in total. The molecule has 0 aliphatic carbocycles. The van der Waals surface area contributed by atoms with Crippen molar-refractivity contribution in [3.63, 3.8) is 0 Å². The first-order chi connectivity index (χ1) is 9.99. The van der Waals surface area contributed by atoms with Crippen LogP contribution in [-0.4, -0.2) is 17.9 Å². The molecule has 110 valence electrons. The van der Waals surface area contributed by atoms with Crippen LogP contribution in [0.25, 0.3) is 0 Å². The van der Waals surface area contributed by atoms with Crippen LogP contribution in [0.3, 0.4) is 0 Å². The van der Waals surface area contributed by atoms with Gasteiger partial charge in [0.2, 0.25) is 5.91 Å². The van der Waals surface area contributed by atoms with E-state index in [9.17, 15) is 9.59 Å². The Labute approximate surface area is 128 Å². The van der Waals surface area contributed by atoms with Gasteiger partial charge in [0.1, 0.15) is 6.04 Å². The normalized spacial score (nSPS) is 11.8. The summed E-state index contributed by atoms with van der Waals surface area (Å²) in [6.07, 6.45) is 0. The van der Waals surface area contributed by atoms with E-state index in [1.807, 2.05) is 37.4 Å². The van der Waals surface area contributed by atoms with E-state index in [2.05, 4.69) is 10.6 Å². The fraction of sp³-hybridized carbons (Fsp3) is 0.250. The Morgan fingerprint density at radius 2 is 1.90 bits per heavy atom. The van der Waals surface area contributed by atoms with Gasteiger partial charge in [0.25, 0.3) is 5.91 Å². The van der Waals surface area contributed by atoms with Gasteiger partial charge >= 0.3 is 0 Å². The van der Waals surface area contributed by atoms with Gasteiger partial charge in [0, 0.05) is 5.69 Å². The monoisotopic (exact) mass is 302 g/mol. The third-order valence-electron chi connectivity index (χ3n) is 3.35. The smallest absolute Gasteiger partial charge is 0.261 e. The standard InChI is InChI=1S/C16H18N2O2S/c1-10-6-4-7-13(11(10)2)18-15(19)12(3)17-16(20)14-8-5-9-21-14/h4-9,12H,1-3H3,(H,17,20)(H,18,19)/t12-/m1/s1. The first-order valence-electron chi connectivity index (χ1n) is 6.70. The van der Waals surface area contributed by atoms with E-state index in [0.717, 1.165) is 16.8 Å². The number of anilines is 1. The number of nitrogens with one attached hydrogen (secondary N) is 2. The second kappa shape index (κ2) is 6.54. The molecule has 1 heterocycles. The number of amides is 2. The van der Waals surface area contributed by atoms with E-state index in [1.165, 1.54) is 11.3 Å². The minimum absolute atomic E-state index is 0.228. The number of carbonyl (C=O) groups excluding carboxylic acids is 2. The molecule has 2 amide bonds. The molecule has 0 saturated heterocycles. The molecule has 0 spiro atoms. The number of hydrogen-bond acceptors (Lipinski definition) is 3. The van der Waals surface area contributed by atoms with Crippen LogP contribution in [0.4, 0.5) is 5.69 Å². The summed E-state index contributed by atoms with van der Waals surface area (Å²) in [4.78, 5) is 24.7. The SMILES string of the molecule is Cc1cccc(NC(=O)[C@@H](C)NC(=O)c2cccs2)c1C. The zero-order valence-electron chi connectivity index (χ0n) is 12.3. The average Bonchev–Trinajstić information content (AvgIpc) is 2.98. The fourth-order valence-corrected chi connectivity index (χ4v) is 2.50. The van der Waals surface area contributed by atoms with Crippen LogP contribution in [-0.2, 0) is 4.79 Å². The van der Waals surface area contributed by atoms with Crippen molar-refractivity contribution in [1.29, 1.82) is 0 Å². The molecule has 1 aromatic heterocycles. The molecule has 5 heteroatoms. The molecule has 0 aliphatic heterocycles. The minimum Gasteiger partial charge on any atom is -0.340 e. The van der Waals surface area contributed by atoms with Gasteiger partial charge < -0.3 is 10.6 Å². The van der Waals surface area contributed by atoms with Crippen LogP contribution < -0.4 is 10.6 Å². The molecule has 0 saturated carbocycles. The summed E-state index contributed by atoms with van der Waals surface area (Å²) >= 11 is 1.35. The van der Waals surface area contributed by atoms with Crippen LogP contribution in [0.15, 0.2) is 35.7 Å². The highest BCUT2D eigenvalue weighted by molar-refractivity contribution is 7.12. The van der Waals surface area contributed by atoms with E-state index in [-0.39, 0.29) is 11.8 Å². The van der Waals surface area contributed by atoms with E-state index in [4.69, 9.17) is 0 Å². The molecular weight excluding hydrogens is 284 g/mol. The fourth-order valence-electron chi connectivity index (χ4n) is 1.87. The number of hydrogen-bond donors (Lipinski definition) is 2. The lowest BCUT2D eigenvalue weighted by Crippen LogP contribution is -2.41. The van der Waals surface area contributed by atoms with Gasteiger partial charge in [-0.2, -0.15) is 0 Å². The maximum Gasteiger partial charge on any atom is 0.261 e. The van der Waals surface area contributed by atoms with Crippen LogP contribution >= 0.6 is 11.3 Å². The molecule has 0 fully saturated rings. The highest BCUT2D eigenvalue weighted by atomic mass is 32.1. The predicted molar refractivity (Wildman–Crippen MR) is 85.8 cm³/mol. The van der Waals surface area contributed by atoms with Gasteiger partial charge in [-0.05, 0) is 49.4 Å². The predicted octanol–water partition coefficient (Wildman–Crippen LogP) is 3.12. The second-order valence-corrected chi connectivity index (χ2v) is 5.86. The Kier molecular flexibility index (Phi) is 4.75. The quantitative estimate of drug-likeness (QED) is 0.911. The van der Waals surface area contributed by atoms with Crippen molar-refractivity contribution in [2.75, 3.05) is 5.32 Å². The summed E-state index contributed by atoms with van der Waals surface area (Å²) < 4.78 is 0. The molecule has 0 unspecified atom stereocenters. The van der Waals surface area contributed by atoms with Crippen molar-refractivity contribution in [3.05, 3.63) is 51.7 Å². The Bertz CT molecular complexity index is 650. The van der Waals surface area contributed by atoms with Gasteiger partial charge in [-0.1, -0.05) is 18.2 Å². The van der Waals surface area contributed by atoms with Gasteiger partial charge in [-0.25, -0.2) is 0 Å². The lowest BCUT2D eigenvalue weighted by atomic mass is 10.1. The highest BCUT2D eigenvalue weighted by Crippen LogP contribution is 2.18. The van der Waals surface area contributed by atoms with Crippen molar-refractivity contribution >= 4 is 28.8 Å². The summed E-state index contributed by atoms with van der Waals surface area (Å²) in [6.45, 7) is 5.62. The average molecular weight is 302 g/mol. The molecule has 1 atom stereocenters. The van der Waals surface area contributed by atoms with Crippen LogP contribution in [0.2, 0.25) is 0 Å². The van der Waals surface area contributed by atoms with Crippen LogP contribution in [0, 0.1) is 13.8 Å². The van der Waals surface area contributed by atoms with Crippen molar-refractivity contribution < 1.29 is 9.59 Å². The lowest BCUT2D eigenvalue weighted by molar-refractivity contribution is -0.117. The van der Waals surface area contributed by atoms with Crippen LogP contribution in [0.1, 0.15) is 27.7 Å². The van der Waals surface area contributed by atoms with Crippen molar-refractivity contribution in [2.45, 2.75) is 26.8 Å². The minimum atomic E-state index is -0.598. The van der Waals surface area contributed by atoms with Gasteiger partial charge in [0.05, 0.1) is 4.88 Å². The van der Waals surface area contributed by atoms with E-state index in [0.29, 0.717) is 4.88 Å². The van der Waals surface area contributed by atoms with Gasteiger partial charge in [-0.3, -0.25) is 9.59 Å². The molecule has 0 aliphatic rings. The third-order valence-corrected chi connectivity index (χ3v) is 4.22. The topological polar surface area (TPSA) is 58.2 Å². The number of benzene rings is 1. The molecule has 21 heavy (non-hydrogen) atoms. The zero-order valence-corrected chi connectivity index (χ0v) is 13.1. The maximum absolute atomic E-state index is 12.2. The van der Waals surface area contributed by atoms with E-state index in [1.54, 1.807) is 19.1 Å². The summed E-state index contributed by atoms with van der Waals surface area (Å²) in [5.41, 5.74) is 2.92. The van der Waals surface area contributed by atoms with Crippen LogP contribution in [0.5, 0.6) is 0 Å². The van der Waals surface area contributed by atoms with E-state index >= 15 is 0 Å². The molecular formula is C16H18N2O2S. The van der Waals surface area contributed by atoms with E-state index < -0.39 is 6.04 Å². The molecule has 1 aromatic carbocycles. The summed E-state index contributed by atoms with van der Waals surface area (Å²) in [5, 5.41) is 7.38. The largest absolute Gasteiger partial charge is 0.340 e. The second-order valence-electron chi connectivity index (χ2n) is 4.91. The maximum atomic E-state index is 12.2. The first-order valence-corrected chi connectivity index (χ1v) is 7.58. The number of carbonyl (C=O) groups is 2. The first kappa shape index (κ1) is 15.3. The van der Waals surface area contributed by atoms with Gasteiger partial charge in [0.15, 0.2) is 0 Å². The lowest BCUT2D eigenvalue weighted by Gasteiger charge is -2.15. The number of aryl methyl sites for hydroxylation is 1. The molecule has 0 bridgehead atoms. The molecule has 2 rings (SSSR count). The molecule has 2 N–H and O–H groups in total. The number of rotatable bonds is 4. The number of thiophene rings is 1. The van der Waals surface area contributed by atoms with Crippen molar-refractivity contribution in [1.82, 2.24) is 5.32 Å². The Balaban J connectivity index is 2.00. The Hall–Kier alpha value is -2.14. The third kappa shape index (κ3) is 3.70. The molecule has 2 aromatic rings.